The molecule has 0 aromatic carbocycles. The van der Waals surface area contributed by atoms with Crippen LogP contribution >= 0.6 is 0 Å². The van der Waals surface area contributed by atoms with Gasteiger partial charge >= 0.3 is 6.09 Å². The maximum atomic E-state index is 12.0. The third-order valence-electron chi connectivity index (χ3n) is 3.10. The Labute approximate surface area is 111 Å². The third-order valence-corrected chi connectivity index (χ3v) is 3.10. The van der Waals surface area contributed by atoms with Crippen molar-refractivity contribution in [1.29, 1.82) is 0 Å². The highest BCUT2D eigenvalue weighted by Crippen LogP contribution is 2.17. The summed E-state index contributed by atoms with van der Waals surface area (Å²) in [5, 5.41) is 0. The summed E-state index contributed by atoms with van der Waals surface area (Å²) in [5.74, 6) is 0. The molecule has 1 fully saturated rings. The molecule has 1 aliphatic heterocycles. The van der Waals surface area contributed by atoms with Gasteiger partial charge in [-0.1, -0.05) is 0 Å². The third kappa shape index (κ3) is 4.84. The second-order valence-corrected chi connectivity index (χ2v) is 6.98. The van der Waals surface area contributed by atoms with E-state index in [0.29, 0.717) is 0 Å². The molecule has 4 nitrogen and oxygen atoms in total. The zero-order valence-electron chi connectivity index (χ0n) is 12.7. The molecule has 0 saturated carbocycles. The predicted octanol–water partition coefficient (Wildman–Crippen LogP) is 2.73. The SMILES string of the molecule is CC(C)(C)OC(=O)N1CCCN(C(C)(C)C)CC1. The van der Waals surface area contributed by atoms with Crippen molar-refractivity contribution in [2.75, 3.05) is 26.2 Å². The normalized spacial score (nSPS) is 19.6. The van der Waals surface area contributed by atoms with Crippen LogP contribution in [0.1, 0.15) is 48.0 Å². The Morgan fingerprint density at radius 2 is 1.56 bits per heavy atom. The molecular weight excluding hydrogens is 228 g/mol. The van der Waals surface area contributed by atoms with E-state index in [4.69, 9.17) is 4.74 Å². The fraction of sp³-hybridized carbons (Fsp3) is 0.929. The van der Waals surface area contributed by atoms with Crippen molar-refractivity contribution in [3.05, 3.63) is 0 Å². The lowest BCUT2D eigenvalue weighted by Gasteiger charge is -2.34. The van der Waals surface area contributed by atoms with Gasteiger partial charge in [-0.2, -0.15) is 0 Å². The van der Waals surface area contributed by atoms with Gasteiger partial charge in [-0.25, -0.2) is 4.79 Å². The van der Waals surface area contributed by atoms with Gasteiger partial charge in [0, 0.05) is 31.7 Å². The monoisotopic (exact) mass is 256 g/mol. The van der Waals surface area contributed by atoms with Gasteiger partial charge in [0.05, 0.1) is 0 Å². The van der Waals surface area contributed by atoms with Gasteiger partial charge < -0.3 is 9.64 Å². The molecule has 4 heteroatoms. The summed E-state index contributed by atoms with van der Waals surface area (Å²) < 4.78 is 5.42. The molecule has 1 amide bonds. The van der Waals surface area contributed by atoms with Crippen LogP contribution in [0.15, 0.2) is 0 Å². The maximum Gasteiger partial charge on any atom is 0.410 e. The highest BCUT2D eigenvalue weighted by molar-refractivity contribution is 5.68. The second-order valence-electron chi connectivity index (χ2n) is 6.98. The van der Waals surface area contributed by atoms with Crippen LogP contribution in [0.5, 0.6) is 0 Å². The van der Waals surface area contributed by atoms with Crippen LogP contribution in [0.3, 0.4) is 0 Å². The van der Waals surface area contributed by atoms with E-state index < -0.39 is 5.60 Å². The second kappa shape index (κ2) is 5.47. The minimum absolute atomic E-state index is 0.171. The van der Waals surface area contributed by atoms with Gasteiger partial charge in [0.25, 0.3) is 0 Å². The summed E-state index contributed by atoms with van der Waals surface area (Å²) in [7, 11) is 0. The lowest BCUT2D eigenvalue weighted by atomic mass is 10.1. The number of rotatable bonds is 0. The molecule has 1 aliphatic rings. The average Bonchev–Trinajstić information content (AvgIpc) is 2.38. The molecule has 0 aromatic rings. The molecule has 0 unspecified atom stereocenters. The van der Waals surface area contributed by atoms with Crippen LogP contribution in [-0.4, -0.2) is 53.2 Å². The van der Waals surface area contributed by atoms with Gasteiger partial charge in [-0.3, -0.25) is 4.90 Å². The zero-order chi connectivity index (χ0) is 14.0. The summed E-state index contributed by atoms with van der Waals surface area (Å²) in [4.78, 5) is 16.3. The number of amides is 1. The molecule has 0 bridgehead atoms. The Kier molecular flexibility index (Phi) is 4.65. The van der Waals surface area contributed by atoms with Crippen LogP contribution in [0, 0.1) is 0 Å². The van der Waals surface area contributed by atoms with Gasteiger partial charge in [-0.15, -0.1) is 0 Å². The Morgan fingerprint density at radius 1 is 0.944 bits per heavy atom. The van der Waals surface area contributed by atoms with Crippen molar-refractivity contribution in [3.63, 3.8) is 0 Å². The Bertz CT molecular complexity index is 289. The highest BCUT2D eigenvalue weighted by Gasteiger charge is 2.28. The van der Waals surface area contributed by atoms with Crippen LogP contribution in [0.2, 0.25) is 0 Å². The fourth-order valence-corrected chi connectivity index (χ4v) is 2.10. The van der Waals surface area contributed by atoms with Crippen LogP contribution in [0.25, 0.3) is 0 Å². The first-order chi connectivity index (χ1) is 8.09. The minimum atomic E-state index is -0.410. The van der Waals surface area contributed by atoms with E-state index in [2.05, 4.69) is 25.7 Å². The summed E-state index contributed by atoms with van der Waals surface area (Å²) >= 11 is 0. The first kappa shape index (κ1) is 15.3. The van der Waals surface area contributed by atoms with Crippen LogP contribution in [-0.2, 0) is 4.74 Å². The standard InChI is InChI=1S/C14H28N2O2/c1-13(2,3)16-9-7-8-15(10-11-16)12(17)18-14(4,5)6/h7-11H2,1-6H3. The highest BCUT2D eigenvalue weighted by atomic mass is 16.6. The molecule has 18 heavy (non-hydrogen) atoms. The van der Waals surface area contributed by atoms with Crippen molar-refractivity contribution in [3.8, 4) is 0 Å². The van der Waals surface area contributed by atoms with Crippen molar-refractivity contribution < 1.29 is 9.53 Å². The van der Waals surface area contributed by atoms with Crippen LogP contribution in [0.4, 0.5) is 4.79 Å². The van der Waals surface area contributed by atoms with Gasteiger partial charge in [0.1, 0.15) is 5.60 Å². The molecule has 0 aromatic heterocycles. The number of hydrogen-bond donors (Lipinski definition) is 0. The van der Waals surface area contributed by atoms with E-state index in [9.17, 15) is 4.79 Å². The molecule has 1 rings (SSSR count). The zero-order valence-corrected chi connectivity index (χ0v) is 12.7. The summed E-state index contributed by atoms with van der Waals surface area (Å²) in [6, 6.07) is 0. The molecule has 1 saturated heterocycles. The lowest BCUT2D eigenvalue weighted by molar-refractivity contribution is 0.0250. The number of ether oxygens (including phenoxy) is 1. The van der Waals surface area contributed by atoms with E-state index in [1.165, 1.54) is 0 Å². The Morgan fingerprint density at radius 3 is 2.06 bits per heavy atom. The maximum absolute atomic E-state index is 12.0. The number of nitrogens with zero attached hydrogens (tertiary/aromatic N) is 2. The Balaban J connectivity index is 2.54. The molecule has 1 heterocycles. The van der Waals surface area contributed by atoms with E-state index in [-0.39, 0.29) is 11.6 Å². The van der Waals surface area contributed by atoms with Crippen molar-refractivity contribution in [2.45, 2.75) is 59.1 Å². The van der Waals surface area contributed by atoms with Crippen LogP contribution < -0.4 is 0 Å². The van der Waals surface area contributed by atoms with Crippen molar-refractivity contribution in [1.82, 2.24) is 9.80 Å². The average molecular weight is 256 g/mol. The van der Waals surface area contributed by atoms with E-state index in [1.54, 1.807) is 0 Å². The first-order valence-electron chi connectivity index (χ1n) is 6.82. The molecule has 0 spiro atoms. The van der Waals surface area contributed by atoms with Gasteiger partial charge in [0.15, 0.2) is 0 Å². The number of carbonyl (C=O) groups excluding carboxylic acids is 1. The Hall–Kier alpha value is -0.770. The quantitative estimate of drug-likeness (QED) is 0.668. The van der Waals surface area contributed by atoms with Gasteiger partial charge in [0.2, 0.25) is 0 Å². The number of carbonyl (C=O) groups is 1. The molecule has 0 atom stereocenters. The smallest absolute Gasteiger partial charge is 0.410 e. The number of hydrogen-bond acceptors (Lipinski definition) is 3. The van der Waals surface area contributed by atoms with E-state index >= 15 is 0 Å². The first-order valence-corrected chi connectivity index (χ1v) is 6.82. The summed E-state index contributed by atoms with van der Waals surface area (Å²) in [6.07, 6.45) is 0.828. The molecule has 0 N–H and O–H groups in total. The molecule has 0 radical (unpaired) electrons. The fourth-order valence-electron chi connectivity index (χ4n) is 2.10. The van der Waals surface area contributed by atoms with Crippen molar-refractivity contribution >= 4 is 6.09 Å². The van der Waals surface area contributed by atoms with Gasteiger partial charge in [-0.05, 0) is 48.0 Å². The lowest BCUT2D eigenvalue weighted by Crippen LogP contribution is -2.44. The molecule has 0 aliphatic carbocycles. The molecular formula is C14H28N2O2. The van der Waals surface area contributed by atoms with Crippen molar-refractivity contribution in [2.24, 2.45) is 0 Å². The minimum Gasteiger partial charge on any atom is -0.444 e. The van der Waals surface area contributed by atoms with E-state index in [0.717, 1.165) is 32.6 Å². The summed E-state index contributed by atoms with van der Waals surface area (Å²) in [6.45, 7) is 15.9. The predicted molar refractivity (Wildman–Crippen MR) is 73.8 cm³/mol. The summed E-state index contributed by atoms with van der Waals surface area (Å²) in [5.41, 5.74) is -0.239. The molecule has 106 valence electrons. The van der Waals surface area contributed by atoms with E-state index in [1.807, 2.05) is 25.7 Å². The largest absolute Gasteiger partial charge is 0.444 e. The topological polar surface area (TPSA) is 32.8 Å².